The molecule has 2 aromatic heterocycles. The van der Waals surface area contributed by atoms with Gasteiger partial charge in [-0.3, -0.25) is 0 Å². The van der Waals surface area contributed by atoms with E-state index in [1.807, 2.05) is 10.5 Å². The van der Waals surface area contributed by atoms with Crippen molar-refractivity contribution in [1.82, 2.24) is 19.6 Å². The number of amides is 1. The molecule has 1 aliphatic rings. The molecule has 1 fully saturated rings. The summed E-state index contributed by atoms with van der Waals surface area (Å²) >= 11 is 6.00. The summed E-state index contributed by atoms with van der Waals surface area (Å²) in [5, 5.41) is 13.1. The minimum Gasteiger partial charge on any atom is -0.465 e. The molecule has 1 saturated heterocycles. The van der Waals surface area contributed by atoms with Crippen LogP contribution < -0.4 is 5.32 Å². The normalized spacial score (nSPS) is 19.4. The largest absolute Gasteiger partial charge is 0.465 e. The number of hydrogen-bond acceptors (Lipinski definition) is 3. The van der Waals surface area contributed by atoms with E-state index in [-0.39, 0.29) is 6.04 Å². The first-order valence-electron chi connectivity index (χ1n) is 6.47. The van der Waals surface area contributed by atoms with Gasteiger partial charge in [-0.25, -0.2) is 9.78 Å². The van der Waals surface area contributed by atoms with Crippen molar-refractivity contribution in [3.63, 3.8) is 0 Å². The first-order valence-corrected chi connectivity index (χ1v) is 6.85. The maximum atomic E-state index is 11.3. The Morgan fingerprint density at radius 1 is 1.55 bits per heavy atom. The van der Waals surface area contributed by atoms with Crippen molar-refractivity contribution in [2.45, 2.75) is 12.5 Å². The Bertz CT molecular complexity index is 642. The number of hydrogen-bond donors (Lipinski definition) is 2. The highest BCUT2D eigenvalue weighted by atomic mass is 35.5. The van der Waals surface area contributed by atoms with Crippen molar-refractivity contribution >= 4 is 23.3 Å². The maximum Gasteiger partial charge on any atom is 0.407 e. The summed E-state index contributed by atoms with van der Waals surface area (Å²) in [6.45, 7) is 1.86. The summed E-state index contributed by atoms with van der Waals surface area (Å²) in [5.41, 5.74) is 1.78. The number of pyridine rings is 1. The Hall–Kier alpha value is -1.79. The van der Waals surface area contributed by atoms with Crippen LogP contribution in [0.3, 0.4) is 0 Å². The number of fused-ring (bicyclic) bond motifs is 1. The van der Waals surface area contributed by atoms with Crippen LogP contribution in [0.25, 0.3) is 5.65 Å². The second-order valence-corrected chi connectivity index (χ2v) is 5.30. The number of piperazine rings is 1. The van der Waals surface area contributed by atoms with Crippen molar-refractivity contribution in [2.24, 2.45) is 0 Å². The first kappa shape index (κ1) is 13.2. The van der Waals surface area contributed by atoms with Crippen molar-refractivity contribution in [3.8, 4) is 0 Å². The third-order valence-electron chi connectivity index (χ3n) is 3.59. The van der Waals surface area contributed by atoms with E-state index in [1.54, 1.807) is 18.5 Å². The Labute approximate surface area is 121 Å². The predicted octanol–water partition coefficient (Wildman–Crippen LogP) is 1.48. The van der Waals surface area contributed by atoms with E-state index in [0.717, 1.165) is 11.3 Å². The zero-order chi connectivity index (χ0) is 14.1. The molecule has 1 unspecified atom stereocenters. The van der Waals surface area contributed by atoms with Crippen LogP contribution in [0, 0.1) is 0 Å². The zero-order valence-corrected chi connectivity index (χ0v) is 11.5. The molecule has 0 bridgehead atoms. The van der Waals surface area contributed by atoms with Gasteiger partial charge in [-0.15, -0.1) is 0 Å². The van der Waals surface area contributed by atoms with E-state index in [9.17, 15) is 9.90 Å². The lowest BCUT2D eigenvalue weighted by Crippen LogP contribution is -2.54. The molecule has 0 aromatic carbocycles. The smallest absolute Gasteiger partial charge is 0.407 e. The molecule has 1 amide bonds. The lowest BCUT2D eigenvalue weighted by Gasteiger charge is -2.33. The number of imidazole rings is 1. The molecule has 7 heteroatoms. The van der Waals surface area contributed by atoms with Gasteiger partial charge in [-0.05, 0) is 12.1 Å². The number of rotatable bonds is 2. The van der Waals surface area contributed by atoms with E-state index in [1.165, 1.54) is 4.90 Å². The Balaban J connectivity index is 1.88. The van der Waals surface area contributed by atoms with Gasteiger partial charge in [0.1, 0.15) is 5.65 Å². The fraction of sp³-hybridized carbons (Fsp3) is 0.385. The molecule has 1 atom stereocenters. The molecular formula is C13H15ClN4O2. The fourth-order valence-corrected chi connectivity index (χ4v) is 2.75. The summed E-state index contributed by atoms with van der Waals surface area (Å²) in [4.78, 5) is 17.1. The fourth-order valence-electron chi connectivity index (χ4n) is 2.59. The van der Waals surface area contributed by atoms with Crippen LogP contribution in [0.15, 0.2) is 24.5 Å². The van der Waals surface area contributed by atoms with Crippen molar-refractivity contribution in [3.05, 3.63) is 35.2 Å². The minimum absolute atomic E-state index is 0.0832. The maximum absolute atomic E-state index is 11.3. The monoisotopic (exact) mass is 294 g/mol. The van der Waals surface area contributed by atoms with Gasteiger partial charge in [0.05, 0.1) is 11.1 Å². The van der Waals surface area contributed by atoms with E-state index >= 15 is 0 Å². The highest BCUT2D eigenvalue weighted by Gasteiger charge is 2.27. The van der Waals surface area contributed by atoms with E-state index in [2.05, 4.69) is 10.3 Å². The second-order valence-electron chi connectivity index (χ2n) is 4.86. The average Bonchev–Trinajstić information content (AvgIpc) is 2.82. The molecule has 6 nitrogen and oxygen atoms in total. The molecule has 2 aromatic rings. The van der Waals surface area contributed by atoms with Gasteiger partial charge in [0.2, 0.25) is 0 Å². The van der Waals surface area contributed by atoms with Crippen LogP contribution in [0.5, 0.6) is 0 Å². The van der Waals surface area contributed by atoms with Gasteiger partial charge >= 0.3 is 6.09 Å². The van der Waals surface area contributed by atoms with Crippen LogP contribution in [0.4, 0.5) is 4.79 Å². The molecule has 1 aliphatic heterocycles. The summed E-state index contributed by atoms with van der Waals surface area (Å²) in [5.74, 6) is 0. The Morgan fingerprint density at radius 2 is 2.40 bits per heavy atom. The molecule has 0 spiro atoms. The number of carboxylic acid groups (broad SMARTS) is 1. The van der Waals surface area contributed by atoms with Crippen LogP contribution in [-0.4, -0.2) is 51.2 Å². The van der Waals surface area contributed by atoms with Crippen LogP contribution in [0.2, 0.25) is 5.02 Å². The number of carbonyl (C=O) groups is 1. The quantitative estimate of drug-likeness (QED) is 0.880. The summed E-state index contributed by atoms with van der Waals surface area (Å²) in [6.07, 6.45) is 3.32. The molecule has 2 N–H and O–H groups in total. The third-order valence-corrected chi connectivity index (χ3v) is 3.81. The molecule has 0 aliphatic carbocycles. The van der Waals surface area contributed by atoms with Gasteiger partial charge in [-0.2, -0.15) is 0 Å². The number of nitrogens with one attached hydrogen (secondary N) is 1. The molecular weight excluding hydrogens is 280 g/mol. The van der Waals surface area contributed by atoms with Crippen LogP contribution in [0.1, 0.15) is 5.69 Å². The van der Waals surface area contributed by atoms with E-state index in [4.69, 9.17) is 11.6 Å². The number of nitrogens with zero attached hydrogens (tertiary/aromatic N) is 3. The van der Waals surface area contributed by atoms with Crippen molar-refractivity contribution < 1.29 is 9.90 Å². The highest BCUT2D eigenvalue weighted by molar-refractivity contribution is 6.30. The van der Waals surface area contributed by atoms with E-state index in [0.29, 0.717) is 31.1 Å². The zero-order valence-electron chi connectivity index (χ0n) is 10.8. The van der Waals surface area contributed by atoms with Gasteiger partial charge in [-0.1, -0.05) is 11.6 Å². The Kier molecular flexibility index (Phi) is 3.50. The predicted molar refractivity (Wildman–Crippen MR) is 75.3 cm³/mol. The molecule has 0 radical (unpaired) electrons. The number of aromatic nitrogens is 2. The molecule has 20 heavy (non-hydrogen) atoms. The Morgan fingerprint density at radius 3 is 3.20 bits per heavy atom. The van der Waals surface area contributed by atoms with Gasteiger partial charge in [0.15, 0.2) is 0 Å². The third kappa shape index (κ3) is 2.44. The number of halogens is 1. The highest BCUT2D eigenvalue weighted by Crippen LogP contribution is 2.16. The topological polar surface area (TPSA) is 69.9 Å². The molecule has 3 rings (SSSR count). The van der Waals surface area contributed by atoms with Gasteiger partial charge in [0.25, 0.3) is 0 Å². The summed E-state index contributed by atoms with van der Waals surface area (Å²) in [6, 6.07) is 3.55. The summed E-state index contributed by atoms with van der Waals surface area (Å²) in [7, 11) is 0. The minimum atomic E-state index is -0.872. The molecule has 106 valence electrons. The van der Waals surface area contributed by atoms with Crippen molar-refractivity contribution in [2.75, 3.05) is 19.6 Å². The van der Waals surface area contributed by atoms with Crippen LogP contribution in [-0.2, 0) is 6.42 Å². The molecule has 3 heterocycles. The lowest BCUT2D eigenvalue weighted by atomic mass is 10.1. The standard InChI is InChI=1S/C13H15ClN4O2/c14-9-1-2-12-16-7-11(18(12)8-9)5-10-6-15-3-4-17(10)13(19)20/h1-2,7-8,10,15H,3-6H2,(H,19,20). The van der Waals surface area contributed by atoms with Crippen molar-refractivity contribution in [1.29, 1.82) is 0 Å². The van der Waals surface area contributed by atoms with Crippen LogP contribution >= 0.6 is 11.6 Å². The lowest BCUT2D eigenvalue weighted by molar-refractivity contribution is 0.112. The molecule has 0 saturated carbocycles. The summed E-state index contributed by atoms with van der Waals surface area (Å²) < 4.78 is 1.91. The van der Waals surface area contributed by atoms with Gasteiger partial charge in [0, 0.05) is 44.1 Å². The SMILES string of the molecule is O=C(O)N1CCNCC1Cc1cnc2ccc(Cl)cn12. The average molecular weight is 295 g/mol. The van der Waals surface area contributed by atoms with E-state index < -0.39 is 6.09 Å². The van der Waals surface area contributed by atoms with Gasteiger partial charge < -0.3 is 19.7 Å². The second kappa shape index (κ2) is 5.30. The first-order chi connectivity index (χ1) is 9.65.